The Balaban J connectivity index is 0.00000225. The SMILES string of the molecule is CCOC(=O)COc1ccc(Cl)cc1C1NCCc2ccccc21.Cl. The van der Waals surface area contributed by atoms with E-state index in [-0.39, 0.29) is 31.0 Å². The van der Waals surface area contributed by atoms with Crippen LogP contribution in [-0.2, 0) is 16.0 Å². The number of hydrogen-bond acceptors (Lipinski definition) is 4. The fourth-order valence-corrected chi connectivity index (χ4v) is 3.18. The molecule has 0 aromatic heterocycles. The highest BCUT2D eigenvalue weighted by Crippen LogP contribution is 2.35. The number of hydrogen-bond donors (Lipinski definition) is 1. The zero-order valence-corrected chi connectivity index (χ0v) is 15.5. The third-order valence-corrected chi connectivity index (χ3v) is 4.28. The van der Waals surface area contributed by atoms with Gasteiger partial charge in [-0.2, -0.15) is 0 Å². The van der Waals surface area contributed by atoms with Crippen LogP contribution in [0, 0.1) is 0 Å². The predicted molar refractivity (Wildman–Crippen MR) is 101 cm³/mol. The van der Waals surface area contributed by atoms with E-state index in [0.717, 1.165) is 18.5 Å². The molecule has 0 radical (unpaired) electrons. The second kappa shape index (κ2) is 9.09. The maximum Gasteiger partial charge on any atom is 0.344 e. The van der Waals surface area contributed by atoms with Crippen LogP contribution >= 0.6 is 24.0 Å². The van der Waals surface area contributed by atoms with Gasteiger partial charge in [-0.3, -0.25) is 0 Å². The molecule has 1 aliphatic rings. The first kappa shape index (κ1) is 19.6. The van der Waals surface area contributed by atoms with E-state index in [0.29, 0.717) is 17.4 Å². The van der Waals surface area contributed by atoms with Crippen LogP contribution in [0.4, 0.5) is 0 Å². The van der Waals surface area contributed by atoms with Crippen molar-refractivity contribution in [1.29, 1.82) is 0 Å². The van der Waals surface area contributed by atoms with Crippen LogP contribution in [-0.4, -0.2) is 25.7 Å². The topological polar surface area (TPSA) is 47.6 Å². The Morgan fingerprint density at radius 2 is 2.04 bits per heavy atom. The largest absolute Gasteiger partial charge is 0.482 e. The van der Waals surface area contributed by atoms with Crippen LogP contribution in [0.1, 0.15) is 29.7 Å². The van der Waals surface area contributed by atoms with E-state index >= 15 is 0 Å². The summed E-state index contributed by atoms with van der Waals surface area (Å²) in [5, 5.41) is 4.15. The number of carbonyl (C=O) groups is 1. The van der Waals surface area contributed by atoms with Gasteiger partial charge in [0, 0.05) is 17.1 Å². The normalized spacial score (nSPS) is 15.7. The maximum atomic E-state index is 11.6. The second-order valence-electron chi connectivity index (χ2n) is 5.61. The number of ether oxygens (including phenoxy) is 2. The van der Waals surface area contributed by atoms with Gasteiger partial charge < -0.3 is 14.8 Å². The Hall–Kier alpha value is -1.75. The number of nitrogens with one attached hydrogen (secondary N) is 1. The quantitative estimate of drug-likeness (QED) is 0.796. The van der Waals surface area contributed by atoms with Gasteiger partial charge in [0.1, 0.15) is 5.75 Å². The molecule has 1 atom stereocenters. The number of benzene rings is 2. The smallest absolute Gasteiger partial charge is 0.344 e. The molecule has 4 nitrogen and oxygen atoms in total. The van der Waals surface area contributed by atoms with Crippen molar-refractivity contribution in [2.24, 2.45) is 0 Å². The summed E-state index contributed by atoms with van der Waals surface area (Å²) in [6.07, 6.45) is 0.992. The lowest BCUT2D eigenvalue weighted by Gasteiger charge is -2.28. The molecule has 0 spiro atoms. The van der Waals surface area contributed by atoms with Crippen LogP contribution in [0.15, 0.2) is 42.5 Å². The molecule has 25 heavy (non-hydrogen) atoms. The highest BCUT2D eigenvalue weighted by Gasteiger charge is 2.24. The molecule has 2 aromatic rings. The van der Waals surface area contributed by atoms with Crippen molar-refractivity contribution in [3.8, 4) is 5.75 Å². The van der Waals surface area contributed by atoms with E-state index in [2.05, 4.69) is 23.5 Å². The fraction of sp³-hybridized carbons (Fsp3) is 0.316. The van der Waals surface area contributed by atoms with Gasteiger partial charge in [0.2, 0.25) is 0 Å². The summed E-state index contributed by atoms with van der Waals surface area (Å²) in [4.78, 5) is 11.6. The predicted octanol–water partition coefficient (Wildman–Crippen LogP) is 3.94. The summed E-state index contributed by atoms with van der Waals surface area (Å²) in [5.74, 6) is 0.261. The van der Waals surface area contributed by atoms with Gasteiger partial charge in [-0.25, -0.2) is 4.79 Å². The molecular weight excluding hydrogens is 361 g/mol. The lowest BCUT2D eigenvalue weighted by molar-refractivity contribution is -0.145. The molecule has 1 N–H and O–H groups in total. The fourth-order valence-electron chi connectivity index (χ4n) is 3.00. The van der Waals surface area contributed by atoms with Gasteiger partial charge >= 0.3 is 5.97 Å². The third kappa shape index (κ3) is 4.66. The average Bonchev–Trinajstić information content (AvgIpc) is 2.60. The van der Waals surface area contributed by atoms with E-state index in [1.165, 1.54) is 11.1 Å². The van der Waals surface area contributed by atoms with E-state index in [1.54, 1.807) is 19.1 Å². The highest BCUT2D eigenvalue weighted by molar-refractivity contribution is 6.30. The minimum atomic E-state index is -0.379. The summed E-state index contributed by atoms with van der Waals surface area (Å²) in [7, 11) is 0. The Morgan fingerprint density at radius 3 is 2.84 bits per heavy atom. The molecule has 0 saturated heterocycles. The summed E-state index contributed by atoms with van der Waals surface area (Å²) >= 11 is 6.20. The number of carbonyl (C=O) groups excluding carboxylic acids is 1. The molecular formula is C19H21Cl2NO3. The average molecular weight is 382 g/mol. The molecule has 1 unspecified atom stereocenters. The van der Waals surface area contributed by atoms with Gasteiger partial charge in [0.05, 0.1) is 12.6 Å². The molecule has 1 heterocycles. The Labute approximate surface area is 158 Å². The Kier molecular flexibility index (Phi) is 7.12. The lowest BCUT2D eigenvalue weighted by atomic mass is 9.89. The van der Waals surface area contributed by atoms with E-state index in [4.69, 9.17) is 21.1 Å². The second-order valence-corrected chi connectivity index (χ2v) is 6.05. The molecule has 0 aliphatic carbocycles. The van der Waals surface area contributed by atoms with Crippen LogP contribution in [0.2, 0.25) is 5.02 Å². The zero-order chi connectivity index (χ0) is 16.9. The van der Waals surface area contributed by atoms with E-state index in [1.807, 2.05) is 12.1 Å². The van der Waals surface area contributed by atoms with Crippen LogP contribution in [0.3, 0.4) is 0 Å². The van der Waals surface area contributed by atoms with Gasteiger partial charge in [-0.05, 0) is 42.7 Å². The molecule has 134 valence electrons. The number of halogens is 2. The van der Waals surface area contributed by atoms with E-state index < -0.39 is 0 Å². The van der Waals surface area contributed by atoms with Crippen LogP contribution in [0.5, 0.6) is 5.75 Å². The summed E-state index contributed by atoms with van der Waals surface area (Å²) in [5.41, 5.74) is 3.46. The van der Waals surface area contributed by atoms with Gasteiger partial charge in [-0.15, -0.1) is 12.4 Å². The van der Waals surface area contributed by atoms with Gasteiger partial charge in [-0.1, -0.05) is 35.9 Å². The summed E-state index contributed by atoms with van der Waals surface area (Å²) < 4.78 is 10.6. The van der Waals surface area contributed by atoms with Crippen molar-refractivity contribution >= 4 is 30.0 Å². The molecule has 0 saturated carbocycles. The minimum Gasteiger partial charge on any atom is -0.482 e. The molecule has 6 heteroatoms. The number of esters is 1. The van der Waals surface area contributed by atoms with Crippen molar-refractivity contribution in [3.05, 3.63) is 64.2 Å². The summed E-state index contributed by atoms with van der Waals surface area (Å²) in [6.45, 7) is 2.88. The molecule has 0 fully saturated rings. The first-order valence-electron chi connectivity index (χ1n) is 8.08. The zero-order valence-electron chi connectivity index (χ0n) is 14.0. The minimum absolute atomic E-state index is 0. The van der Waals surface area contributed by atoms with Gasteiger partial charge in [0.25, 0.3) is 0 Å². The molecule has 3 rings (SSSR count). The molecule has 2 aromatic carbocycles. The standard InChI is InChI=1S/C19H20ClNO3.ClH/c1-2-23-18(22)12-24-17-8-7-14(20)11-16(17)19-15-6-4-3-5-13(15)9-10-21-19;/h3-8,11,19,21H,2,9-10,12H2,1H3;1H. The summed E-state index contributed by atoms with van der Waals surface area (Å²) in [6, 6.07) is 13.8. The Bertz CT molecular complexity index is 736. The lowest BCUT2D eigenvalue weighted by Crippen LogP contribution is -2.31. The molecule has 1 aliphatic heterocycles. The molecule has 0 amide bonds. The molecule has 0 bridgehead atoms. The third-order valence-electron chi connectivity index (χ3n) is 4.04. The van der Waals surface area contributed by atoms with Gasteiger partial charge in [0.15, 0.2) is 6.61 Å². The highest BCUT2D eigenvalue weighted by atomic mass is 35.5. The van der Waals surface area contributed by atoms with Crippen molar-refractivity contribution in [2.75, 3.05) is 19.8 Å². The monoisotopic (exact) mass is 381 g/mol. The van der Waals surface area contributed by atoms with Crippen molar-refractivity contribution in [2.45, 2.75) is 19.4 Å². The first-order valence-corrected chi connectivity index (χ1v) is 8.46. The Morgan fingerprint density at radius 1 is 1.24 bits per heavy atom. The van der Waals surface area contributed by atoms with Crippen molar-refractivity contribution in [3.63, 3.8) is 0 Å². The van der Waals surface area contributed by atoms with Crippen molar-refractivity contribution < 1.29 is 14.3 Å². The van der Waals surface area contributed by atoms with Crippen molar-refractivity contribution in [1.82, 2.24) is 5.32 Å². The number of rotatable bonds is 5. The van der Waals surface area contributed by atoms with Crippen LogP contribution < -0.4 is 10.1 Å². The maximum absolute atomic E-state index is 11.6. The first-order chi connectivity index (χ1) is 11.7. The van der Waals surface area contributed by atoms with E-state index in [9.17, 15) is 4.79 Å². The number of fused-ring (bicyclic) bond motifs is 1. The van der Waals surface area contributed by atoms with Crippen LogP contribution in [0.25, 0.3) is 0 Å².